The van der Waals surface area contributed by atoms with Gasteiger partial charge in [-0.25, -0.2) is 14.0 Å². The molecule has 2 aliphatic carbocycles. The van der Waals surface area contributed by atoms with E-state index in [1.54, 1.807) is 30.3 Å². The molecule has 22 heavy (non-hydrogen) atoms. The first-order valence-corrected chi connectivity index (χ1v) is 6.86. The molecule has 0 spiro atoms. The largest absolute Gasteiger partial charge is 0.479 e. The molecule has 0 saturated heterocycles. The maximum Gasteiger partial charge on any atom is 0.342 e. The van der Waals surface area contributed by atoms with Crippen molar-refractivity contribution in [1.29, 1.82) is 0 Å². The normalized spacial score (nSPS) is 39.1. The lowest BCUT2D eigenvalue weighted by atomic mass is 9.91. The number of carboxylic acids is 1. The second kappa shape index (κ2) is 4.76. The van der Waals surface area contributed by atoms with Gasteiger partial charge in [0.2, 0.25) is 5.67 Å². The summed E-state index contributed by atoms with van der Waals surface area (Å²) in [6, 6.07) is 8.63. The van der Waals surface area contributed by atoms with E-state index in [0.29, 0.717) is 5.56 Å². The molecular formula is C15H15FO6. The van der Waals surface area contributed by atoms with Crippen LogP contribution in [-0.2, 0) is 20.9 Å². The molecule has 1 aromatic rings. The van der Waals surface area contributed by atoms with E-state index >= 15 is 0 Å². The molecule has 3 rings (SSSR count). The summed E-state index contributed by atoms with van der Waals surface area (Å²) >= 11 is 0. The van der Waals surface area contributed by atoms with Gasteiger partial charge in [0, 0.05) is 5.92 Å². The molecule has 2 aliphatic rings. The number of fused-ring (bicyclic) bond motifs is 1. The van der Waals surface area contributed by atoms with Crippen molar-refractivity contribution in [1.82, 2.24) is 0 Å². The molecule has 2 fully saturated rings. The summed E-state index contributed by atoms with van der Waals surface area (Å²) in [5, 5.41) is 29.1. The molecular weight excluding hydrogens is 295 g/mol. The van der Waals surface area contributed by atoms with E-state index in [4.69, 9.17) is 9.84 Å². The highest BCUT2D eigenvalue weighted by molar-refractivity contribution is 5.90. The fourth-order valence-electron chi connectivity index (χ4n) is 3.38. The summed E-state index contributed by atoms with van der Waals surface area (Å²) in [6.45, 7) is -0.154. The summed E-state index contributed by atoms with van der Waals surface area (Å²) in [6.07, 6.45) is -1.82. The minimum atomic E-state index is -2.68. The minimum absolute atomic E-state index is 0.154. The van der Waals surface area contributed by atoms with Crippen molar-refractivity contribution in [2.24, 2.45) is 11.8 Å². The minimum Gasteiger partial charge on any atom is -0.479 e. The van der Waals surface area contributed by atoms with E-state index in [1.807, 2.05) is 0 Å². The number of hydrogen-bond donors (Lipinski definition) is 3. The van der Waals surface area contributed by atoms with Crippen molar-refractivity contribution in [3.63, 3.8) is 0 Å². The maximum absolute atomic E-state index is 14.2. The lowest BCUT2D eigenvalue weighted by molar-refractivity contribution is -0.184. The topological polar surface area (TPSA) is 104 Å². The molecule has 0 bridgehead atoms. The van der Waals surface area contributed by atoms with Gasteiger partial charge in [-0.2, -0.15) is 0 Å². The third kappa shape index (κ3) is 1.85. The van der Waals surface area contributed by atoms with E-state index in [1.165, 1.54) is 0 Å². The number of esters is 1. The first-order valence-electron chi connectivity index (χ1n) is 6.86. The summed E-state index contributed by atoms with van der Waals surface area (Å²) in [7, 11) is 0. The monoisotopic (exact) mass is 310 g/mol. The number of carboxylic acid groups (broad SMARTS) is 1. The molecule has 0 radical (unpaired) electrons. The van der Waals surface area contributed by atoms with Crippen molar-refractivity contribution in [3.8, 4) is 0 Å². The van der Waals surface area contributed by atoms with E-state index in [9.17, 15) is 24.2 Å². The average molecular weight is 310 g/mol. The van der Waals surface area contributed by atoms with Crippen LogP contribution in [0.4, 0.5) is 4.39 Å². The summed E-state index contributed by atoms with van der Waals surface area (Å²) in [5.74, 6) is -5.48. The predicted molar refractivity (Wildman–Crippen MR) is 70.3 cm³/mol. The van der Waals surface area contributed by atoms with Gasteiger partial charge in [0.05, 0.1) is 12.0 Å². The Bertz CT molecular complexity index is 620. The van der Waals surface area contributed by atoms with Gasteiger partial charge in [0.1, 0.15) is 6.61 Å². The molecule has 5 atom stereocenters. The molecule has 118 valence electrons. The standard InChI is InChI=1S/C15H15FO6/c16-14(12(18)19)9-6-10(17)15(21,11(9)14)13(20)22-7-8-4-2-1-3-5-8/h1-5,9-11,17,21H,6-7H2,(H,18,19)/t9-,10-,11+,14-,15-/m1/s1. The molecule has 7 heteroatoms. The Balaban J connectivity index is 1.75. The highest BCUT2D eigenvalue weighted by atomic mass is 19.1. The fourth-order valence-corrected chi connectivity index (χ4v) is 3.38. The summed E-state index contributed by atoms with van der Waals surface area (Å²) < 4.78 is 19.2. The number of alkyl halides is 1. The van der Waals surface area contributed by atoms with Crippen molar-refractivity contribution in [2.75, 3.05) is 0 Å². The molecule has 0 unspecified atom stereocenters. The van der Waals surface area contributed by atoms with Gasteiger partial charge in [-0.15, -0.1) is 0 Å². The third-order valence-electron chi connectivity index (χ3n) is 4.61. The molecule has 3 N–H and O–H groups in total. The van der Waals surface area contributed by atoms with Crippen LogP contribution in [0.3, 0.4) is 0 Å². The molecule has 0 aromatic heterocycles. The van der Waals surface area contributed by atoms with Gasteiger partial charge < -0.3 is 20.1 Å². The third-order valence-corrected chi connectivity index (χ3v) is 4.61. The Morgan fingerprint density at radius 3 is 2.55 bits per heavy atom. The Labute approximate surface area is 125 Å². The van der Waals surface area contributed by atoms with E-state index in [0.717, 1.165) is 0 Å². The van der Waals surface area contributed by atoms with Crippen molar-refractivity contribution in [3.05, 3.63) is 35.9 Å². The average Bonchev–Trinajstić information content (AvgIpc) is 2.99. The number of ether oxygens (including phenoxy) is 1. The van der Waals surface area contributed by atoms with Crippen LogP contribution in [0.2, 0.25) is 0 Å². The molecule has 0 aliphatic heterocycles. The Morgan fingerprint density at radius 2 is 1.95 bits per heavy atom. The van der Waals surface area contributed by atoms with E-state index < -0.39 is 41.1 Å². The number of benzene rings is 1. The quantitative estimate of drug-likeness (QED) is 0.689. The Kier molecular flexibility index (Phi) is 3.23. The van der Waals surface area contributed by atoms with Crippen LogP contribution < -0.4 is 0 Å². The van der Waals surface area contributed by atoms with E-state index in [-0.39, 0.29) is 13.0 Å². The highest BCUT2D eigenvalue weighted by Crippen LogP contribution is 2.67. The summed E-state index contributed by atoms with van der Waals surface area (Å²) in [5.41, 5.74) is -4.55. The van der Waals surface area contributed by atoms with Crippen LogP contribution in [0, 0.1) is 11.8 Å². The number of aliphatic carboxylic acids is 1. The van der Waals surface area contributed by atoms with E-state index in [2.05, 4.69) is 0 Å². The molecule has 1 aromatic carbocycles. The number of carbonyl (C=O) groups is 2. The predicted octanol–water partition coefficient (Wildman–Crippen LogP) is 0.264. The highest BCUT2D eigenvalue weighted by Gasteiger charge is 2.85. The zero-order valence-corrected chi connectivity index (χ0v) is 11.5. The van der Waals surface area contributed by atoms with Crippen molar-refractivity contribution in [2.45, 2.75) is 30.4 Å². The zero-order chi connectivity index (χ0) is 16.1. The van der Waals surface area contributed by atoms with Gasteiger partial charge in [0.15, 0.2) is 5.60 Å². The Morgan fingerprint density at radius 1 is 1.32 bits per heavy atom. The smallest absolute Gasteiger partial charge is 0.342 e. The number of aliphatic hydroxyl groups is 2. The van der Waals surface area contributed by atoms with Crippen molar-refractivity contribution < 1.29 is 34.0 Å². The van der Waals surface area contributed by atoms with Crippen LogP contribution >= 0.6 is 0 Å². The fraction of sp³-hybridized carbons (Fsp3) is 0.467. The first kappa shape index (κ1) is 14.9. The number of aliphatic hydroxyl groups excluding tert-OH is 1. The second-order valence-corrected chi connectivity index (χ2v) is 5.80. The van der Waals surface area contributed by atoms with Gasteiger partial charge >= 0.3 is 11.9 Å². The lowest BCUT2D eigenvalue weighted by Crippen LogP contribution is -2.53. The van der Waals surface area contributed by atoms with Gasteiger partial charge in [0.25, 0.3) is 0 Å². The Hall–Kier alpha value is -1.99. The number of hydrogen-bond acceptors (Lipinski definition) is 5. The van der Waals surface area contributed by atoms with Crippen LogP contribution in [0.1, 0.15) is 12.0 Å². The van der Waals surface area contributed by atoms with Crippen LogP contribution in [0.5, 0.6) is 0 Å². The second-order valence-electron chi connectivity index (χ2n) is 5.80. The maximum atomic E-state index is 14.2. The SMILES string of the molecule is O=C(OCc1ccccc1)[C@@]1(O)[C@H](O)C[C@@H]2[C@H]1[C@@]2(F)C(=O)O. The number of rotatable bonds is 4. The van der Waals surface area contributed by atoms with Crippen LogP contribution in [0.15, 0.2) is 30.3 Å². The number of halogens is 1. The zero-order valence-electron chi connectivity index (χ0n) is 11.5. The molecule has 2 saturated carbocycles. The van der Waals surface area contributed by atoms with Crippen LogP contribution in [0.25, 0.3) is 0 Å². The molecule has 0 amide bonds. The van der Waals surface area contributed by atoms with Gasteiger partial charge in [-0.3, -0.25) is 0 Å². The molecule has 0 heterocycles. The first-order chi connectivity index (χ1) is 10.3. The number of carbonyl (C=O) groups excluding carboxylic acids is 1. The molecule has 6 nitrogen and oxygen atoms in total. The van der Waals surface area contributed by atoms with Crippen molar-refractivity contribution >= 4 is 11.9 Å². The lowest BCUT2D eigenvalue weighted by Gasteiger charge is -2.28. The van der Waals surface area contributed by atoms with Gasteiger partial charge in [-0.1, -0.05) is 30.3 Å². The summed E-state index contributed by atoms with van der Waals surface area (Å²) in [4.78, 5) is 23.1. The van der Waals surface area contributed by atoms with Crippen LogP contribution in [-0.4, -0.2) is 44.6 Å². The van der Waals surface area contributed by atoms with Gasteiger partial charge in [-0.05, 0) is 12.0 Å².